The zero-order chi connectivity index (χ0) is 24.3. The number of hydrogen-bond acceptors (Lipinski definition) is 5. The van der Waals surface area contributed by atoms with E-state index in [0.29, 0.717) is 12.8 Å². The molecule has 3 aliphatic heterocycles. The minimum absolute atomic E-state index is 0.00746. The molecule has 0 bridgehead atoms. The van der Waals surface area contributed by atoms with Gasteiger partial charge in [-0.1, -0.05) is 62.4 Å². The second-order valence-corrected chi connectivity index (χ2v) is 10.8. The van der Waals surface area contributed by atoms with E-state index < -0.39 is 17.7 Å². The molecule has 6 heteroatoms. The van der Waals surface area contributed by atoms with Gasteiger partial charge in [0, 0.05) is 12.0 Å². The second kappa shape index (κ2) is 8.35. The van der Waals surface area contributed by atoms with E-state index in [1.165, 1.54) is 0 Å². The Labute approximate surface area is 201 Å². The first-order valence-electron chi connectivity index (χ1n) is 12.4. The van der Waals surface area contributed by atoms with Crippen molar-refractivity contribution < 1.29 is 24.2 Å². The Balaban J connectivity index is 1.57. The number of nitrogens with one attached hydrogen (secondary N) is 1. The molecule has 1 amide bonds. The number of amides is 1. The van der Waals surface area contributed by atoms with Crippen molar-refractivity contribution in [3.05, 3.63) is 59.7 Å². The molecule has 6 nitrogen and oxygen atoms in total. The van der Waals surface area contributed by atoms with Crippen molar-refractivity contribution in [3.63, 3.8) is 0 Å². The Morgan fingerprint density at radius 1 is 1.18 bits per heavy atom. The van der Waals surface area contributed by atoms with Gasteiger partial charge in [-0.15, -0.1) is 0 Å². The summed E-state index contributed by atoms with van der Waals surface area (Å²) in [5, 5.41) is 13.8. The maximum absolute atomic E-state index is 13.8. The summed E-state index contributed by atoms with van der Waals surface area (Å²) < 4.78 is 12.5. The van der Waals surface area contributed by atoms with Crippen LogP contribution in [0.1, 0.15) is 46.1 Å². The summed E-state index contributed by atoms with van der Waals surface area (Å²) >= 11 is 0. The molecular formula is C28H35NO5. The van der Waals surface area contributed by atoms with Gasteiger partial charge in [0.1, 0.15) is 0 Å². The highest BCUT2D eigenvalue weighted by molar-refractivity contribution is 5.92. The van der Waals surface area contributed by atoms with Crippen molar-refractivity contribution >= 4 is 11.9 Å². The first-order valence-corrected chi connectivity index (χ1v) is 12.4. The highest BCUT2D eigenvalue weighted by Crippen LogP contribution is 2.63. The number of carbonyl (C=O) groups excluding carboxylic acids is 2. The van der Waals surface area contributed by atoms with E-state index >= 15 is 0 Å². The Morgan fingerprint density at radius 3 is 2.65 bits per heavy atom. The largest absolute Gasteiger partial charge is 0.448 e. The lowest BCUT2D eigenvalue weighted by Gasteiger charge is -2.46. The standard InChI is InChI=1S/C28H35NO5/c1-16-9-8-12-20-25-27(4,34-25)18(3)23-21(15-19-10-6-5-7-11-19)29-26(32)28(20,23)33-22(30)14-13-17(2)24(16)31/h5-8,10-13,16,18,20-21,23-25,31H,9,14-15H2,1-4H3,(H,29,32)/b12-8+,17-13-/t16-,18-,20-,21-,23-,24-,25-,27+,28+/m0/s1. The Bertz CT molecular complexity index is 1030. The van der Waals surface area contributed by atoms with Crippen LogP contribution in [-0.2, 0) is 25.5 Å². The summed E-state index contributed by atoms with van der Waals surface area (Å²) in [5.41, 5.74) is 0.205. The van der Waals surface area contributed by atoms with Crippen molar-refractivity contribution in [2.24, 2.45) is 23.7 Å². The maximum Gasteiger partial charge on any atom is 0.310 e. The van der Waals surface area contributed by atoms with Crippen LogP contribution in [0.5, 0.6) is 0 Å². The van der Waals surface area contributed by atoms with Crippen LogP contribution in [0, 0.1) is 23.7 Å². The van der Waals surface area contributed by atoms with Gasteiger partial charge in [0.15, 0.2) is 0 Å². The van der Waals surface area contributed by atoms with Gasteiger partial charge < -0.3 is 19.9 Å². The number of allylic oxidation sites excluding steroid dienone is 1. The molecule has 5 rings (SSSR count). The Kier molecular flexibility index (Phi) is 5.72. The molecule has 1 spiro atoms. The fourth-order valence-electron chi connectivity index (χ4n) is 6.62. The zero-order valence-corrected chi connectivity index (χ0v) is 20.4. The molecule has 0 radical (unpaired) electrons. The van der Waals surface area contributed by atoms with Crippen LogP contribution >= 0.6 is 0 Å². The average molecular weight is 466 g/mol. The Morgan fingerprint density at radius 2 is 1.91 bits per heavy atom. The van der Waals surface area contributed by atoms with Crippen LogP contribution in [0.3, 0.4) is 0 Å². The summed E-state index contributed by atoms with van der Waals surface area (Å²) in [7, 11) is 0. The van der Waals surface area contributed by atoms with Crippen molar-refractivity contribution in [3.8, 4) is 0 Å². The van der Waals surface area contributed by atoms with E-state index in [1.807, 2.05) is 44.2 Å². The molecule has 3 heterocycles. The lowest BCUT2D eigenvalue weighted by atomic mass is 9.59. The molecule has 2 N–H and O–H groups in total. The molecule has 2 saturated heterocycles. The maximum atomic E-state index is 13.8. The van der Waals surface area contributed by atoms with E-state index in [2.05, 4.69) is 31.3 Å². The van der Waals surface area contributed by atoms with Crippen LogP contribution in [0.4, 0.5) is 0 Å². The molecule has 4 aliphatic rings. The van der Waals surface area contributed by atoms with Crippen molar-refractivity contribution in [2.45, 2.75) is 76.4 Å². The number of aliphatic hydroxyl groups excluding tert-OH is 1. The highest BCUT2D eigenvalue weighted by atomic mass is 16.6. The lowest BCUT2D eigenvalue weighted by molar-refractivity contribution is -0.181. The normalized spacial score (nSPS) is 46.3. The van der Waals surface area contributed by atoms with Crippen molar-refractivity contribution in [2.75, 3.05) is 0 Å². The van der Waals surface area contributed by atoms with Crippen molar-refractivity contribution in [1.29, 1.82) is 0 Å². The van der Waals surface area contributed by atoms with Gasteiger partial charge in [0.2, 0.25) is 5.60 Å². The molecule has 1 aromatic rings. The molecule has 3 fully saturated rings. The number of carbonyl (C=O) groups is 2. The molecule has 0 unspecified atom stereocenters. The smallest absolute Gasteiger partial charge is 0.310 e. The summed E-state index contributed by atoms with van der Waals surface area (Å²) in [5.74, 6) is -1.26. The van der Waals surface area contributed by atoms with Gasteiger partial charge in [0.25, 0.3) is 5.91 Å². The van der Waals surface area contributed by atoms with E-state index in [1.54, 1.807) is 6.08 Å². The van der Waals surface area contributed by atoms with Gasteiger partial charge in [-0.05, 0) is 49.7 Å². The van der Waals surface area contributed by atoms with E-state index in [0.717, 1.165) is 11.1 Å². The number of ether oxygens (including phenoxy) is 2. The minimum atomic E-state index is -1.31. The first kappa shape index (κ1) is 23.3. The van der Waals surface area contributed by atoms with Crippen LogP contribution in [-0.4, -0.2) is 46.4 Å². The lowest BCUT2D eigenvalue weighted by Crippen LogP contribution is -2.61. The summed E-state index contributed by atoms with van der Waals surface area (Å²) in [6.45, 7) is 8.06. The number of rotatable bonds is 2. The molecule has 1 aliphatic carbocycles. The number of hydrogen-bond donors (Lipinski definition) is 2. The molecule has 9 atom stereocenters. The van der Waals surface area contributed by atoms with Crippen LogP contribution in [0.25, 0.3) is 0 Å². The summed E-state index contributed by atoms with van der Waals surface area (Å²) in [6, 6.07) is 9.94. The first-order chi connectivity index (χ1) is 16.2. The number of benzene rings is 1. The highest BCUT2D eigenvalue weighted by Gasteiger charge is 2.78. The number of fused-ring (bicyclic) bond motifs is 2. The zero-order valence-electron chi connectivity index (χ0n) is 20.4. The predicted octanol–water partition coefficient (Wildman–Crippen LogP) is 3.34. The third-order valence-electron chi connectivity index (χ3n) is 8.78. The molecule has 1 saturated carbocycles. The molecule has 0 aromatic heterocycles. The van der Waals surface area contributed by atoms with Gasteiger partial charge >= 0.3 is 5.97 Å². The minimum Gasteiger partial charge on any atom is -0.448 e. The third kappa shape index (κ3) is 3.54. The van der Waals surface area contributed by atoms with Crippen LogP contribution in [0.15, 0.2) is 54.1 Å². The van der Waals surface area contributed by atoms with E-state index in [4.69, 9.17) is 9.47 Å². The summed E-state index contributed by atoms with van der Waals surface area (Å²) in [6.07, 6.45) is 6.29. The number of esters is 1. The third-order valence-corrected chi connectivity index (χ3v) is 8.78. The summed E-state index contributed by atoms with van der Waals surface area (Å²) in [4.78, 5) is 26.9. The van der Waals surface area contributed by atoms with Gasteiger partial charge in [-0.25, -0.2) is 0 Å². The topological polar surface area (TPSA) is 88.2 Å². The fourth-order valence-corrected chi connectivity index (χ4v) is 6.62. The average Bonchev–Trinajstić information content (AvgIpc) is 3.43. The number of aliphatic hydroxyl groups is 1. The molecule has 1 aromatic carbocycles. The van der Waals surface area contributed by atoms with Gasteiger partial charge in [0.05, 0.1) is 30.1 Å². The van der Waals surface area contributed by atoms with Crippen LogP contribution in [0.2, 0.25) is 0 Å². The monoisotopic (exact) mass is 465 g/mol. The van der Waals surface area contributed by atoms with Crippen molar-refractivity contribution in [1.82, 2.24) is 5.32 Å². The van der Waals surface area contributed by atoms with Gasteiger partial charge in [-0.2, -0.15) is 0 Å². The van der Waals surface area contributed by atoms with Gasteiger partial charge in [-0.3, -0.25) is 9.59 Å². The van der Waals surface area contributed by atoms with Crippen LogP contribution < -0.4 is 5.32 Å². The quantitative estimate of drug-likeness (QED) is 0.397. The molecule has 182 valence electrons. The molecule has 34 heavy (non-hydrogen) atoms. The molecular weight excluding hydrogens is 430 g/mol. The fraction of sp³-hybridized carbons (Fsp3) is 0.571. The number of epoxide rings is 1. The predicted molar refractivity (Wildman–Crippen MR) is 128 cm³/mol. The van der Waals surface area contributed by atoms with E-state index in [-0.39, 0.29) is 53.7 Å². The SMILES string of the molecule is C/C1=C/CC(=O)O[C@@]23C(=O)N[C@@H](Cc4ccccc4)[C@@H]2[C@H](C)[C@@]2(C)O[C@H]2[C@@H]3/C=C/C[C@H](C)[C@@H]1O. The Hall–Kier alpha value is -2.44. The second-order valence-electron chi connectivity index (χ2n) is 10.8. The van der Waals surface area contributed by atoms with E-state index in [9.17, 15) is 14.7 Å².